The van der Waals surface area contributed by atoms with Gasteiger partial charge in [0, 0.05) is 18.8 Å². The van der Waals surface area contributed by atoms with Crippen LogP contribution in [0.15, 0.2) is 30.3 Å². The average molecular weight is 540 g/mol. The Hall–Kier alpha value is -1.69. The van der Waals surface area contributed by atoms with Crippen molar-refractivity contribution in [1.29, 1.82) is 0 Å². The summed E-state index contributed by atoms with van der Waals surface area (Å²) < 4.78 is 16.8. The Labute approximate surface area is 223 Å². The first-order valence-corrected chi connectivity index (χ1v) is 14.2. The maximum atomic E-state index is 13.1. The number of hydrogen-bond acceptors (Lipinski definition) is 9. The van der Waals surface area contributed by atoms with Gasteiger partial charge in [-0.05, 0) is 44.2 Å². The lowest BCUT2D eigenvalue weighted by molar-refractivity contribution is -0.212. The van der Waals surface area contributed by atoms with Gasteiger partial charge in [-0.15, -0.1) is 11.8 Å². The van der Waals surface area contributed by atoms with Crippen molar-refractivity contribution in [2.24, 2.45) is 11.8 Å². The fourth-order valence-electron chi connectivity index (χ4n) is 5.14. The zero-order valence-electron chi connectivity index (χ0n) is 21.8. The van der Waals surface area contributed by atoms with Crippen LogP contribution in [0.4, 0.5) is 0 Å². The molecule has 2 fully saturated rings. The first kappa shape index (κ1) is 29.9. The van der Waals surface area contributed by atoms with Gasteiger partial charge in [-0.25, -0.2) is 4.79 Å². The first-order valence-electron chi connectivity index (χ1n) is 13.1. The molecule has 0 aromatic heterocycles. The molecule has 4 N–H and O–H groups in total. The number of aliphatic hydroxyl groups excluding tert-OH is 3. The van der Waals surface area contributed by atoms with E-state index in [0.29, 0.717) is 17.2 Å². The van der Waals surface area contributed by atoms with Gasteiger partial charge in [0.25, 0.3) is 0 Å². The standard InChI is InChI=1S/C27H41NO8S/c1-4-8-17-11-12-19(15-17)25(32)28-20(16(2)34-3)24-22(30)21(29)23(31)27(36-24)37-14-13-35-26(33)18-9-6-5-7-10-18/h5-7,9-10,16-17,19-24,27,29-31H,4,8,11-15H2,1-3H3,(H,28,32)/t16-,17+,19+,20-,21+,22-,23-,24-,27-/m1/s1. The molecule has 1 saturated carbocycles. The summed E-state index contributed by atoms with van der Waals surface area (Å²) in [6.07, 6.45) is -0.911. The quantitative estimate of drug-likeness (QED) is 0.233. The van der Waals surface area contributed by atoms with Gasteiger partial charge >= 0.3 is 5.97 Å². The molecular weight excluding hydrogens is 498 g/mol. The number of methoxy groups -OCH3 is 1. The molecule has 0 bridgehead atoms. The molecule has 10 heteroatoms. The summed E-state index contributed by atoms with van der Waals surface area (Å²) in [4.78, 5) is 25.3. The summed E-state index contributed by atoms with van der Waals surface area (Å²) >= 11 is 1.16. The van der Waals surface area contributed by atoms with Gasteiger partial charge in [-0.1, -0.05) is 38.0 Å². The SMILES string of the molecule is CCC[C@H]1CC[C@H](C(=O)N[C@@H]([C@H]2O[C@H](SCCOC(=O)c3ccccc3)[C@H](O)[C@@H](O)[C@H]2O)[C@@H](C)OC)C1. The first-order chi connectivity index (χ1) is 17.8. The van der Waals surface area contributed by atoms with E-state index in [1.807, 2.05) is 6.07 Å². The molecule has 0 radical (unpaired) electrons. The number of benzene rings is 1. The lowest BCUT2D eigenvalue weighted by atomic mass is 9.91. The number of amides is 1. The highest BCUT2D eigenvalue weighted by atomic mass is 32.2. The maximum Gasteiger partial charge on any atom is 0.338 e. The van der Waals surface area contributed by atoms with Crippen LogP contribution in [0, 0.1) is 11.8 Å². The number of nitrogens with one attached hydrogen (secondary N) is 1. The number of aliphatic hydroxyl groups is 3. The molecule has 3 rings (SSSR count). The fraction of sp³-hybridized carbons (Fsp3) is 0.704. The highest BCUT2D eigenvalue weighted by Crippen LogP contribution is 2.35. The van der Waals surface area contributed by atoms with E-state index in [0.717, 1.165) is 43.9 Å². The Morgan fingerprint density at radius 2 is 1.86 bits per heavy atom. The minimum Gasteiger partial charge on any atom is -0.461 e. The van der Waals surface area contributed by atoms with E-state index in [9.17, 15) is 24.9 Å². The Morgan fingerprint density at radius 3 is 2.54 bits per heavy atom. The molecule has 9 atom stereocenters. The zero-order chi connectivity index (χ0) is 26.9. The van der Waals surface area contributed by atoms with Gasteiger partial charge in [0.2, 0.25) is 5.91 Å². The third kappa shape index (κ3) is 7.91. The summed E-state index contributed by atoms with van der Waals surface area (Å²) in [6, 6.07) is 7.88. The van der Waals surface area contributed by atoms with E-state index in [4.69, 9.17) is 14.2 Å². The van der Waals surface area contributed by atoms with E-state index < -0.39 is 48.0 Å². The number of thioether (sulfide) groups is 1. The number of carbonyl (C=O) groups is 2. The van der Waals surface area contributed by atoms with Gasteiger partial charge in [-0.3, -0.25) is 4.79 Å². The number of esters is 1. The van der Waals surface area contributed by atoms with Crippen LogP contribution in [0.5, 0.6) is 0 Å². The molecule has 2 aliphatic rings. The van der Waals surface area contributed by atoms with E-state index >= 15 is 0 Å². The summed E-state index contributed by atoms with van der Waals surface area (Å²) in [7, 11) is 1.50. The summed E-state index contributed by atoms with van der Waals surface area (Å²) in [5.41, 5.74) is -0.460. The number of ether oxygens (including phenoxy) is 3. The molecule has 0 spiro atoms. The van der Waals surface area contributed by atoms with Crippen molar-refractivity contribution in [2.45, 2.75) is 87.9 Å². The molecule has 1 aromatic carbocycles. The molecule has 208 valence electrons. The number of hydrogen-bond donors (Lipinski definition) is 4. The molecular formula is C27H41NO8S. The minimum absolute atomic E-state index is 0.0730. The minimum atomic E-state index is -1.48. The average Bonchev–Trinajstić information content (AvgIpc) is 3.38. The molecule has 1 aliphatic carbocycles. The van der Waals surface area contributed by atoms with Gasteiger partial charge in [0.15, 0.2) is 0 Å². The van der Waals surface area contributed by atoms with Crippen molar-refractivity contribution in [1.82, 2.24) is 5.32 Å². The van der Waals surface area contributed by atoms with Crippen molar-refractivity contribution < 1.29 is 39.1 Å². The molecule has 1 aliphatic heterocycles. The number of carbonyl (C=O) groups excluding carboxylic acids is 2. The lowest BCUT2D eigenvalue weighted by Crippen LogP contribution is -2.65. The van der Waals surface area contributed by atoms with Crippen LogP contribution in [-0.2, 0) is 19.0 Å². The highest BCUT2D eigenvalue weighted by Gasteiger charge is 2.48. The largest absolute Gasteiger partial charge is 0.461 e. The molecule has 37 heavy (non-hydrogen) atoms. The zero-order valence-corrected chi connectivity index (χ0v) is 22.6. The Morgan fingerprint density at radius 1 is 1.14 bits per heavy atom. The molecule has 1 heterocycles. The van der Waals surface area contributed by atoms with E-state index in [-0.39, 0.29) is 18.4 Å². The molecule has 1 aromatic rings. The summed E-state index contributed by atoms with van der Waals surface area (Å²) in [5.74, 6) is 0.173. The van der Waals surface area contributed by atoms with Gasteiger partial charge in [-0.2, -0.15) is 0 Å². The predicted molar refractivity (Wildman–Crippen MR) is 140 cm³/mol. The van der Waals surface area contributed by atoms with Crippen molar-refractivity contribution in [3.05, 3.63) is 35.9 Å². The van der Waals surface area contributed by atoms with Gasteiger partial charge in [0.1, 0.15) is 36.5 Å². The molecule has 1 saturated heterocycles. The van der Waals surface area contributed by atoms with Crippen molar-refractivity contribution in [3.63, 3.8) is 0 Å². The van der Waals surface area contributed by atoms with Crippen molar-refractivity contribution >= 4 is 23.6 Å². The second-order valence-corrected chi connectivity index (χ2v) is 11.2. The van der Waals surface area contributed by atoms with Crippen LogP contribution in [-0.4, -0.2) is 88.7 Å². The fourth-order valence-corrected chi connectivity index (χ4v) is 6.12. The van der Waals surface area contributed by atoms with Crippen LogP contribution < -0.4 is 5.32 Å². The Kier molecular flexibility index (Phi) is 11.7. The van der Waals surface area contributed by atoms with Crippen molar-refractivity contribution in [3.8, 4) is 0 Å². The third-order valence-electron chi connectivity index (χ3n) is 7.36. The monoisotopic (exact) mass is 539 g/mol. The molecule has 1 amide bonds. The van der Waals surface area contributed by atoms with Gasteiger partial charge < -0.3 is 34.8 Å². The van der Waals surface area contributed by atoms with Crippen LogP contribution in [0.2, 0.25) is 0 Å². The highest BCUT2D eigenvalue weighted by molar-refractivity contribution is 7.99. The molecule has 0 unspecified atom stereocenters. The third-order valence-corrected chi connectivity index (χ3v) is 8.48. The second-order valence-electron chi connectivity index (χ2n) is 9.95. The van der Waals surface area contributed by atoms with Gasteiger partial charge in [0.05, 0.1) is 17.7 Å². The maximum absolute atomic E-state index is 13.1. The molecule has 9 nitrogen and oxygen atoms in total. The van der Waals surface area contributed by atoms with E-state index in [2.05, 4.69) is 12.2 Å². The Bertz CT molecular complexity index is 858. The number of rotatable bonds is 12. The predicted octanol–water partition coefficient (Wildman–Crippen LogP) is 2.12. The van der Waals surface area contributed by atoms with Crippen molar-refractivity contribution in [2.75, 3.05) is 19.5 Å². The summed E-state index contributed by atoms with van der Waals surface area (Å²) in [6.45, 7) is 3.98. The lowest BCUT2D eigenvalue weighted by Gasteiger charge is -2.44. The van der Waals surface area contributed by atoms with Crippen LogP contribution in [0.1, 0.15) is 56.3 Å². The van der Waals surface area contributed by atoms with E-state index in [1.54, 1.807) is 31.2 Å². The topological polar surface area (TPSA) is 135 Å². The van der Waals surface area contributed by atoms with Crippen LogP contribution in [0.3, 0.4) is 0 Å². The smallest absolute Gasteiger partial charge is 0.338 e. The van der Waals surface area contributed by atoms with Crippen LogP contribution in [0.25, 0.3) is 0 Å². The summed E-state index contributed by atoms with van der Waals surface area (Å²) in [5, 5.41) is 34.9. The second kappa shape index (κ2) is 14.5. The normalized spacial score (nSPS) is 31.5. The van der Waals surface area contributed by atoms with Crippen LogP contribution >= 0.6 is 11.8 Å². The van der Waals surface area contributed by atoms with E-state index in [1.165, 1.54) is 7.11 Å². The Balaban J connectivity index is 1.60.